The van der Waals surface area contributed by atoms with Crippen LogP contribution in [0.25, 0.3) is 5.69 Å². The second-order valence-corrected chi connectivity index (χ2v) is 4.54. The van der Waals surface area contributed by atoms with Gasteiger partial charge >= 0.3 is 6.18 Å². The Morgan fingerprint density at radius 3 is 2.48 bits per heavy atom. The molecular formula is C12H6ClF4N2O2. The molecule has 0 saturated heterocycles. The summed E-state index contributed by atoms with van der Waals surface area (Å²) in [5.74, 6) is -1.83. The third-order valence-corrected chi connectivity index (χ3v) is 3.05. The lowest BCUT2D eigenvalue weighted by Crippen LogP contribution is -2.27. The Morgan fingerprint density at radius 1 is 1.29 bits per heavy atom. The van der Waals surface area contributed by atoms with Crippen molar-refractivity contribution in [2.24, 2.45) is 0 Å². The molecule has 21 heavy (non-hydrogen) atoms. The van der Waals surface area contributed by atoms with Crippen LogP contribution in [0.1, 0.15) is 11.1 Å². The zero-order chi connectivity index (χ0) is 15.9. The molecule has 4 nitrogen and oxygen atoms in total. The van der Waals surface area contributed by atoms with Crippen LogP contribution >= 0.6 is 11.6 Å². The zero-order valence-corrected chi connectivity index (χ0v) is 11.1. The van der Waals surface area contributed by atoms with Crippen molar-refractivity contribution in [3.05, 3.63) is 50.7 Å². The molecule has 2 rings (SSSR count). The predicted molar refractivity (Wildman–Crippen MR) is 64.7 cm³/mol. The quantitative estimate of drug-likeness (QED) is 0.755. The second kappa shape index (κ2) is 5.03. The molecule has 1 aromatic heterocycles. The SMILES string of the molecule is Cc1c(C(F)(F)F)cnn(-c2cc([O])c(Cl)cc2F)c1=O. The first kappa shape index (κ1) is 15.3. The molecule has 1 aromatic carbocycles. The number of halogens is 5. The number of hydrogen-bond acceptors (Lipinski definition) is 2. The van der Waals surface area contributed by atoms with Crippen molar-refractivity contribution in [1.82, 2.24) is 9.78 Å². The van der Waals surface area contributed by atoms with Crippen molar-refractivity contribution in [2.45, 2.75) is 13.1 Å². The highest BCUT2D eigenvalue weighted by Crippen LogP contribution is 2.31. The summed E-state index contributed by atoms with van der Waals surface area (Å²) < 4.78 is 52.0. The highest BCUT2D eigenvalue weighted by molar-refractivity contribution is 6.32. The van der Waals surface area contributed by atoms with Gasteiger partial charge in [0.2, 0.25) is 0 Å². The molecular weight excluding hydrogens is 316 g/mol. The van der Waals surface area contributed by atoms with E-state index in [-0.39, 0.29) is 0 Å². The molecule has 1 radical (unpaired) electrons. The second-order valence-electron chi connectivity index (χ2n) is 4.13. The van der Waals surface area contributed by atoms with Crippen molar-refractivity contribution in [3.8, 4) is 11.4 Å². The molecule has 0 atom stereocenters. The number of alkyl halides is 3. The average Bonchev–Trinajstić information content (AvgIpc) is 2.36. The summed E-state index contributed by atoms with van der Waals surface area (Å²) in [4.78, 5) is 11.9. The predicted octanol–water partition coefficient (Wildman–Crippen LogP) is 3.50. The largest absolute Gasteiger partial charge is 0.418 e. The topological polar surface area (TPSA) is 54.8 Å². The van der Waals surface area contributed by atoms with Crippen molar-refractivity contribution in [1.29, 1.82) is 0 Å². The van der Waals surface area contributed by atoms with Crippen LogP contribution in [0, 0.1) is 12.7 Å². The summed E-state index contributed by atoms with van der Waals surface area (Å²) in [5.41, 5.74) is -3.61. The molecule has 2 aromatic rings. The lowest BCUT2D eigenvalue weighted by atomic mass is 10.2. The van der Waals surface area contributed by atoms with Crippen LogP contribution in [0.15, 0.2) is 23.1 Å². The van der Waals surface area contributed by atoms with E-state index in [9.17, 15) is 27.5 Å². The van der Waals surface area contributed by atoms with Crippen LogP contribution in [0.5, 0.6) is 5.75 Å². The Balaban J connectivity index is 2.71. The summed E-state index contributed by atoms with van der Waals surface area (Å²) in [6.07, 6.45) is -4.35. The van der Waals surface area contributed by atoms with Gasteiger partial charge in [-0.1, -0.05) is 11.6 Å². The van der Waals surface area contributed by atoms with Gasteiger partial charge in [-0.2, -0.15) is 23.0 Å². The van der Waals surface area contributed by atoms with Gasteiger partial charge in [-0.3, -0.25) is 9.90 Å². The maximum Gasteiger partial charge on any atom is 0.418 e. The van der Waals surface area contributed by atoms with Gasteiger partial charge < -0.3 is 0 Å². The van der Waals surface area contributed by atoms with E-state index in [4.69, 9.17) is 11.6 Å². The first-order valence-corrected chi connectivity index (χ1v) is 5.83. The van der Waals surface area contributed by atoms with Crippen LogP contribution in [0.2, 0.25) is 5.02 Å². The highest BCUT2D eigenvalue weighted by Gasteiger charge is 2.34. The number of aromatic nitrogens is 2. The van der Waals surface area contributed by atoms with Gasteiger partial charge in [0.25, 0.3) is 5.56 Å². The third kappa shape index (κ3) is 2.71. The highest BCUT2D eigenvalue weighted by atomic mass is 35.5. The van der Waals surface area contributed by atoms with Gasteiger partial charge in [0.15, 0.2) is 11.6 Å². The maximum absolute atomic E-state index is 13.7. The summed E-state index contributed by atoms with van der Waals surface area (Å²) in [6.45, 7) is 0.940. The van der Waals surface area contributed by atoms with Gasteiger partial charge in [0.1, 0.15) is 5.69 Å². The summed E-state index contributed by atoms with van der Waals surface area (Å²) in [5, 5.41) is 14.2. The van der Waals surface area contributed by atoms with Crippen molar-refractivity contribution < 1.29 is 22.7 Å². The van der Waals surface area contributed by atoms with Gasteiger partial charge in [-0.15, -0.1) is 0 Å². The molecule has 0 amide bonds. The molecule has 0 aliphatic rings. The Bertz CT molecular complexity index is 771. The van der Waals surface area contributed by atoms with E-state index >= 15 is 0 Å². The molecule has 0 unspecified atom stereocenters. The first-order chi connectivity index (χ1) is 9.62. The van der Waals surface area contributed by atoms with Gasteiger partial charge in [-0.05, 0) is 13.0 Å². The molecule has 0 aliphatic carbocycles. The van der Waals surface area contributed by atoms with Crippen LogP contribution in [0.3, 0.4) is 0 Å². The Hall–Kier alpha value is -2.09. The number of nitrogens with zero attached hydrogens (tertiary/aromatic N) is 2. The van der Waals surface area contributed by atoms with Crippen LogP contribution in [-0.2, 0) is 11.3 Å². The lowest BCUT2D eigenvalue weighted by molar-refractivity contribution is -0.138. The summed E-state index contributed by atoms with van der Waals surface area (Å²) in [6, 6.07) is 1.36. The van der Waals surface area contributed by atoms with Crippen LogP contribution in [0.4, 0.5) is 17.6 Å². The molecule has 0 saturated carbocycles. The normalized spacial score (nSPS) is 11.7. The minimum atomic E-state index is -4.75. The molecule has 0 bridgehead atoms. The molecule has 9 heteroatoms. The van der Waals surface area contributed by atoms with E-state index in [2.05, 4.69) is 5.10 Å². The lowest BCUT2D eigenvalue weighted by Gasteiger charge is -2.12. The summed E-state index contributed by atoms with van der Waals surface area (Å²) in [7, 11) is 0. The standard InChI is InChI=1S/C12H6ClF4N2O2/c1-5-6(12(15,16)17)4-18-19(11(5)21)9-3-10(20)7(13)2-8(9)14/h2-4H,1H3. The fourth-order valence-electron chi connectivity index (χ4n) is 1.68. The van der Waals surface area contributed by atoms with Gasteiger partial charge in [0.05, 0.1) is 16.8 Å². The van der Waals surface area contributed by atoms with Crippen molar-refractivity contribution >= 4 is 11.6 Å². The fourth-order valence-corrected chi connectivity index (χ4v) is 1.83. The number of rotatable bonds is 1. The minimum absolute atomic E-state index is 0.387. The number of benzene rings is 1. The average molecular weight is 322 g/mol. The van der Waals surface area contributed by atoms with Crippen LogP contribution in [-0.4, -0.2) is 9.78 Å². The monoisotopic (exact) mass is 321 g/mol. The molecule has 0 N–H and O–H groups in total. The van der Waals surface area contributed by atoms with Gasteiger partial charge in [-0.25, -0.2) is 4.39 Å². The van der Waals surface area contributed by atoms with Crippen molar-refractivity contribution in [3.63, 3.8) is 0 Å². The maximum atomic E-state index is 13.7. The first-order valence-electron chi connectivity index (χ1n) is 5.45. The van der Waals surface area contributed by atoms with E-state index in [0.29, 0.717) is 23.0 Å². The van der Waals surface area contributed by atoms with E-state index in [1.807, 2.05) is 0 Å². The molecule has 1 heterocycles. The van der Waals surface area contributed by atoms with E-state index in [0.717, 1.165) is 6.92 Å². The number of hydrogen-bond donors (Lipinski definition) is 0. The van der Waals surface area contributed by atoms with E-state index < -0.39 is 45.1 Å². The Kier molecular flexibility index (Phi) is 3.66. The molecule has 0 fully saturated rings. The third-order valence-electron chi connectivity index (χ3n) is 2.75. The van der Waals surface area contributed by atoms with Crippen LogP contribution < -0.4 is 5.56 Å². The molecule has 0 aliphatic heterocycles. The van der Waals surface area contributed by atoms with Crippen molar-refractivity contribution in [2.75, 3.05) is 0 Å². The Morgan fingerprint density at radius 2 is 1.90 bits per heavy atom. The Labute approximate surface area is 120 Å². The smallest absolute Gasteiger partial charge is 0.288 e. The summed E-state index contributed by atoms with van der Waals surface area (Å²) >= 11 is 5.42. The fraction of sp³-hybridized carbons (Fsp3) is 0.167. The van der Waals surface area contributed by atoms with Gasteiger partial charge in [0, 0.05) is 11.6 Å². The van der Waals surface area contributed by atoms with E-state index in [1.165, 1.54) is 0 Å². The van der Waals surface area contributed by atoms with E-state index in [1.54, 1.807) is 0 Å². The zero-order valence-electron chi connectivity index (χ0n) is 10.3. The molecule has 0 spiro atoms. The molecule has 111 valence electrons. The minimum Gasteiger partial charge on any atom is -0.288 e.